The number of halogens is 2. The minimum absolute atomic E-state index is 0.0177. The first kappa shape index (κ1) is 25.0. The van der Waals surface area contributed by atoms with E-state index < -0.39 is 22.9 Å². The van der Waals surface area contributed by atoms with Crippen LogP contribution < -0.4 is 10.1 Å². The average molecular weight is 515 g/mol. The van der Waals surface area contributed by atoms with Crippen molar-refractivity contribution in [1.82, 2.24) is 10.2 Å². The first-order valence-corrected chi connectivity index (χ1v) is 13.0. The van der Waals surface area contributed by atoms with Gasteiger partial charge < -0.3 is 20.1 Å². The molecule has 3 saturated carbocycles. The summed E-state index contributed by atoms with van der Waals surface area (Å²) in [6.07, 6.45) is 2.84. The third-order valence-electron chi connectivity index (χ3n) is 8.45. The number of aliphatic hydroxyl groups excluding tert-OH is 1. The van der Waals surface area contributed by atoms with Gasteiger partial charge >= 0.3 is 0 Å². The highest BCUT2D eigenvalue weighted by Gasteiger charge is 2.58. The van der Waals surface area contributed by atoms with Crippen molar-refractivity contribution < 1.29 is 23.8 Å². The molecule has 2 bridgehead atoms. The number of nitrogens with one attached hydrogen (secondary N) is 1. The Balaban J connectivity index is 1.17. The molecule has 2 N–H and O–H groups in total. The molecular weight excluding hydrogens is 483 g/mol. The first-order chi connectivity index (χ1) is 17.2. The molecule has 2 unspecified atom stereocenters. The van der Waals surface area contributed by atoms with E-state index in [1.54, 1.807) is 0 Å². The molecule has 1 heterocycles. The van der Waals surface area contributed by atoms with Gasteiger partial charge in [-0.15, -0.1) is 0 Å². The van der Waals surface area contributed by atoms with Gasteiger partial charge in [0, 0.05) is 25.1 Å². The summed E-state index contributed by atoms with van der Waals surface area (Å²) in [4.78, 5) is 28.3. The quantitative estimate of drug-likeness (QED) is 0.600. The summed E-state index contributed by atoms with van der Waals surface area (Å²) < 4.78 is 19.0. The van der Waals surface area contributed by atoms with Crippen LogP contribution in [0.2, 0.25) is 5.02 Å². The predicted octanol–water partition coefficient (Wildman–Crippen LogP) is 4.36. The number of hydrogen-bond acceptors (Lipinski definition) is 4. The Morgan fingerprint density at radius 3 is 2.56 bits per heavy atom. The topological polar surface area (TPSA) is 78.9 Å². The van der Waals surface area contributed by atoms with Crippen molar-refractivity contribution >= 4 is 23.4 Å². The first-order valence-electron chi connectivity index (χ1n) is 12.6. The lowest BCUT2D eigenvalue weighted by molar-refractivity contribution is -0.159. The summed E-state index contributed by atoms with van der Waals surface area (Å²) >= 11 is 5.68. The third-order valence-corrected chi connectivity index (χ3v) is 8.76. The van der Waals surface area contributed by atoms with E-state index in [1.807, 2.05) is 4.90 Å². The fourth-order valence-corrected chi connectivity index (χ4v) is 6.32. The molecule has 1 saturated heterocycles. The highest BCUT2D eigenvalue weighted by Crippen LogP contribution is 2.53. The molecule has 6 rings (SSSR count). The van der Waals surface area contributed by atoms with Crippen LogP contribution in [0.15, 0.2) is 42.5 Å². The van der Waals surface area contributed by atoms with Crippen molar-refractivity contribution in [2.75, 3.05) is 19.7 Å². The maximum atomic E-state index is 13.7. The van der Waals surface area contributed by atoms with Gasteiger partial charge in [-0.2, -0.15) is 0 Å². The minimum Gasteiger partial charge on any atom is -0.484 e. The number of amides is 2. The minimum atomic E-state index is -0.809. The Bertz CT molecular complexity index is 1150. The Labute approximate surface area is 215 Å². The van der Waals surface area contributed by atoms with Gasteiger partial charge in [0.25, 0.3) is 5.91 Å². The van der Waals surface area contributed by atoms with Gasteiger partial charge in [-0.1, -0.05) is 41.4 Å². The number of aliphatic hydroxyl groups is 1. The van der Waals surface area contributed by atoms with Crippen LogP contribution in [0, 0.1) is 18.2 Å². The molecular formula is C28H32ClFN2O4. The van der Waals surface area contributed by atoms with E-state index >= 15 is 0 Å². The number of ether oxygens (including phenoxy) is 1. The van der Waals surface area contributed by atoms with Gasteiger partial charge in [-0.05, 0) is 63.1 Å². The Morgan fingerprint density at radius 1 is 1.17 bits per heavy atom. The number of carbonyl (C=O) groups excluding carboxylic acids is 2. The lowest BCUT2D eigenvalue weighted by Gasteiger charge is -2.56. The molecule has 2 atom stereocenters. The van der Waals surface area contributed by atoms with Crippen molar-refractivity contribution in [2.24, 2.45) is 5.41 Å². The number of likely N-dealkylation sites (tertiary alicyclic amines) is 1. The Hall–Kier alpha value is -2.64. The van der Waals surface area contributed by atoms with Crippen molar-refractivity contribution in [3.8, 4) is 5.75 Å². The molecule has 0 radical (unpaired) electrons. The van der Waals surface area contributed by atoms with Crippen LogP contribution in [0.1, 0.15) is 55.6 Å². The fourth-order valence-electron chi connectivity index (χ4n) is 6.21. The molecule has 36 heavy (non-hydrogen) atoms. The van der Waals surface area contributed by atoms with Crippen LogP contribution in [-0.2, 0) is 9.59 Å². The van der Waals surface area contributed by atoms with Gasteiger partial charge in [0.2, 0.25) is 5.91 Å². The number of aryl methyl sites for hydroxylation is 1. The zero-order valence-corrected chi connectivity index (χ0v) is 21.2. The molecule has 3 aliphatic carbocycles. The van der Waals surface area contributed by atoms with Crippen molar-refractivity contribution in [1.29, 1.82) is 0 Å². The molecule has 1 aliphatic heterocycles. The van der Waals surface area contributed by atoms with E-state index in [0.717, 1.165) is 19.0 Å². The monoisotopic (exact) mass is 514 g/mol. The largest absolute Gasteiger partial charge is 0.484 e. The van der Waals surface area contributed by atoms with Crippen LogP contribution in [0.4, 0.5) is 4.39 Å². The average Bonchev–Trinajstić information content (AvgIpc) is 3.36. The number of carbonyl (C=O) groups is 2. The molecule has 8 heteroatoms. The van der Waals surface area contributed by atoms with E-state index in [2.05, 4.69) is 36.5 Å². The van der Waals surface area contributed by atoms with Gasteiger partial charge in [0.15, 0.2) is 6.61 Å². The zero-order chi connectivity index (χ0) is 25.5. The highest BCUT2D eigenvalue weighted by molar-refractivity contribution is 6.30. The molecule has 2 aromatic carbocycles. The van der Waals surface area contributed by atoms with Crippen LogP contribution in [0.25, 0.3) is 0 Å². The van der Waals surface area contributed by atoms with E-state index in [1.165, 1.54) is 23.3 Å². The highest BCUT2D eigenvalue weighted by atomic mass is 35.5. The molecule has 2 aromatic rings. The maximum Gasteiger partial charge on any atom is 0.258 e. The normalized spacial score (nSPS) is 29.3. The number of benzene rings is 2. The second-order valence-electron chi connectivity index (χ2n) is 10.7. The van der Waals surface area contributed by atoms with Crippen LogP contribution in [-0.4, -0.2) is 53.2 Å². The van der Waals surface area contributed by atoms with E-state index in [0.29, 0.717) is 44.6 Å². The molecule has 192 valence electrons. The van der Waals surface area contributed by atoms with Crippen LogP contribution in [0.5, 0.6) is 5.75 Å². The Morgan fingerprint density at radius 2 is 1.89 bits per heavy atom. The molecule has 4 aliphatic rings. The zero-order valence-electron chi connectivity index (χ0n) is 20.4. The smallest absolute Gasteiger partial charge is 0.258 e. The van der Waals surface area contributed by atoms with E-state index in [4.69, 9.17) is 16.3 Å². The van der Waals surface area contributed by atoms with E-state index in [-0.39, 0.29) is 29.2 Å². The molecule has 4 fully saturated rings. The van der Waals surface area contributed by atoms with Gasteiger partial charge in [-0.25, -0.2) is 4.39 Å². The summed E-state index contributed by atoms with van der Waals surface area (Å²) in [5.74, 6) is -0.311. The molecule has 0 aromatic heterocycles. The molecule has 2 amide bonds. The standard InChI is InChI=1S/C28H32ClFN2O4/c1-18-2-4-19(5-3-18)20-8-13-32(16-20)26(35)27-9-11-28(12-10-27,24(33)15-27)31-25(34)17-36-21-6-7-22(29)23(30)14-21/h2-7,14,20,24,33H,8-13,15-17H2,1H3,(H,31,34). The van der Waals surface area contributed by atoms with Gasteiger partial charge in [0.05, 0.1) is 22.1 Å². The van der Waals surface area contributed by atoms with Crippen LogP contribution >= 0.6 is 11.6 Å². The SMILES string of the molecule is Cc1ccc(C2CCN(C(=O)C34CCC(NC(=O)COc5ccc(Cl)c(F)c5)(CC3)C(O)C4)C2)cc1. The number of hydrogen-bond donors (Lipinski definition) is 2. The summed E-state index contributed by atoms with van der Waals surface area (Å²) in [5, 5.41) is 14.0. The van der Waals surface area contributed by atoms with Crippen molar-refractivity contribution in [3.05, 3.63) is 64.4 Å². The van der Waals surface area contributed by atoms with Crippen LogP contribution in [0.3, 0.4) is 0 Å². The molecule has 6 nitrogen and oxygen atoms in total. The van der Waals surface area contributed by atoms with Gasteiger partial charge in [0.1, 0.15) is 11.6 Å². The lowest BCUT2D eigenvalue weighted by atomic mass is 9.55. The third kappa shape index (κ3) is 4.71. The second kappa shape index (κ2) is 9.67. The van der Waals surface area contributed by atoms with E-state index in [9.17, 15) is 19.1 Å². The van der Waals surface area contributed by atoms with Crippen molar-refractivity contribution in [3.63, 3.8) is 0 Å². The number of rotatable bonds is 6. The Kier molecular flexibility index (Phi) is 6.72. The predicted molar refractivity (Wildman–Crippen MR) is 134 cm³/mol. The summed E-state index contributed by atoms with van der Waals surface area (Å²) in [7, 11) is 0. The summed E-state index contributed by atoms with van der Waals surface area (Å²) in [6, 6.07) is 12.5. The number of fused-ring (bicyclic) bond motifs is 3. The second-order valence-corrected chi connectivity index (χ2v) is 11.1. The van der Waals surface area contributed by atoms with Crippen molar-refractivity contribution in [2.45, 2.75) is 63.0 Å². The fraction of sp³-hybridized carbons (Fsp3) is 0.500. The lowest BCUT2D eigenvalue weighted by Crippen LogP contribution is -2.67. The molecule has 0 spiro atoms. The summed E-state index contributed by atoms with van der Waals surface area (Å²) in [6.45, 7) is 3.22. The maximum absolute atomic E-state index is 13.7. The van der Waals surface area contributed by atoms with Gasteiger partial charge in [-0.3, -0.25) is 9.59 Å². The summed E-state index contributed by atoms with van der Waals surface area (Å²) in [5.41, 5.74) is 1.17. The number of nitrogens with zero attached hydrogens (tertiary/aromatic N) is 1.